The van der Waals surface area contributed by atoms with Crippen molar-refractivity contribution in [1.29, 1.82) is 0 Å². The van der Waals surface area contributed by atoms with Gasteiger partial charge in [0.05, 0.1) is 5.56 Å². The van der Waals surface area contributed by atoms with Gasteiger partial charge in [0.2, 0.25) is 0 Å². The summed E-state index contributed by atoms with van der Waals surface area (Å²) in [6.07, 6.45) is 1.16. The predicted molar refractivity (Wildman–Crippen MR) is 66.1 cm³/mol. The van der Waals surface area contributed by atoms with Crippen molar-refractivity contribution in [2.75, 3.05) is 20.1 Å². The lowest BCUT2D eigenvalue weighted by molar-refractivity contribution is 0.0697. The molecule has 0 amide bonds. The number of aromatic carboxylic acids is 1. The number of likely N-dealkylation sites (N-methyl/N-ethyl adjacent to an activating group) is 1. The average Bonchev–Trinajstić information content (AvgIpc) is 2.73. The first-order chi connectivity index (χ1) is 8.15. The second-order valence-corrected chi connectivity index (χ2v) is 4.63. The minimum atomic E-state index is -0.868. The number of carboxylic acid groups (broad SMARTS) is 1. The molecule has 0 aliphatic carbocycles. The molecule has 2 N–H and O–H groups in total. The lowest BCUT2D eigenvalue weighted by Gasteiger charge is -2.12. The topological polar surface area (TPSA) is 52.6 Å². The van der Waals surface area contributed by atoms with Gasteiger partial charge in [-0.2, -0.15) is 0 Å². The third-order valence-corrected chi connectivity index (χ3v) is 3.16. The van der Waals surface area contributed by atoms with Gasteiger partial charge in [0.25, 0.3) is 0 Å². The smallest absolute Gasteiger partial charge is 0.335 e. The fourth-order valence-electron chi connectivity index (χ4n) is 2.18. The quantitative estimate of drug-likeness (QED) is 0.821. The number of rotatable bonds is 4. The molecule has 0 radical (unpaired) electrons. The van der Waals surface area contributed by atoms with Crippen molar-refractivity contribution >= 4 is 5.97 Å². The van der Waals surface area contributed by atoms with Crippen LogP contribution in [-0.2, 0) is 6.54 Å². The van der Waals surface area contributed by atoms with E-state index in [0.717, 1.165) is 31.6 Å². The van der Waals surface area contributed by atoms with Gasteiger partial charge >= 0.3 is 5.97 Å². The molecular formula is C13H18N2O2. The van der Waals surface area contributed by atoms with E-state index in [1.54, 1.807) is 18.2 Å². The molecule has 0 bridgehead atoms. The molecule has 1 saturated heterocycles. The van der Waals surface area contributed by atoms with E-state index in [9.17, 15) is 4.79 Å². The Hall–Kier alpha value is -1.39. The summed E-state index contributed by atoms with van der Waals surface area (Å²) >= 11 is 0. The van der Waals surface area contributed by atoms with Gasteiger partial charge in [-0.25, -0.2) is 4.79 Å². The standard InChI is InChI=1S/C13H18N2O2/c1-15-6-5-12(9-15)14-8-10-3-2-4-11(7-10)13(16)17/h2-4,7,12,14H,5-6,8-9H2,1H3,(H,16,17). The Morgan fingerprint density at radius 3 is 3.06 bits per heavy atom. The third-order valence-electron chi connectivity index (χ3n) is 3.16. The first kappa shape index (κ1) is 12.1. The predicted octanol–water partition coefficient (Wildman–Crippen LogP) is 1.18. The molecule has 1 aliphatic rings. The Morgan fingerprint density at radius 2 is 2.41 bits per heavy atom. The van der Waals surface area contributed by atoms with E-state index in [2.05, 4.69) is 17.3 Å². The largest absolute Gasteiger partial charge is 0.478 e. The van der Waals surface area contributed by atoms with Gasteiger partial charge < -0.3 is 15.3 Å². The Kier molecular flexibility index (Phi) is 3.76. The second kappa shape index (κ2) is 5.29. The maximum Gasteiger partial charge on any atom is 0.335 e. The highest BCUT2D eigenvalue weighted by atomic mass is 16.4. The summed E-state index contributed by atoms with van der Waals surface area (Å²) in [5, 5.41) is 12.4. The highest BCUT2D eigenvalue weighted by molar-refractivity contribution is 5.87. The minimum absolute atomic E-state index is 0.354. The van der Waals surface area contributed by atoms with Crippen LogP contribution in [0.4, 0.5) is 0 Å². The van der Waals surface area contributed by atoms with E-state index in [4.69, 9.17) is 5.11 Å². The van der Waals surface area contributed by atoms with Crippen molar-refractivity contribution in [2.45, 2.75) is 19.0 Å². The van der Waals surface area contributed by atoms with Gasteiger partial charge in [-0.05, 0) is 37.7 Å². The van der Waals surface area contributed by atoms with Crippen molar-refractivity contribution in [1.82, 2.24) is 10.2 Å². The maximum atomic E-state index is 10.8. The molecule has 4 nitrogen and oxygen atoms in total. The molecule has 4 heteroatoms. The summed E-state index contributed by atoms with van der Waals surface area (Å²) in [6.45, 7) is 2.94. The van der Waals surface area contributed by atoms with Crippen molar-refractivity contribution in [3.05, 3.63) is 35.4 Å². The van der Waals surface area contributed by atoms with Crippen LogP contribution < -0.4 is 5.32 Å². The lowest BCUT2D eigenvalue weighted by Crippen LogP contribution is -2.30. The molecule has 1 fully saturated rings. The number of hydrogen-bond donors (Lipinski definition) is 2. The molecule has 1 atom stereocenters. The number of nitrogens with zero attached hydrogens (tertiary/aromatic N) is 1. The molecule has 1 aliphatic heterocycles. The third kappa shape index (κ3) is 3.28. The van der Waals surface area contributed by atoms with Gasteiger partial charge in [0.1, 0.15) is 0 Å². The summed E-state index contributed by atoms with van der Waals surface area (Å²) in [5.74, 6) is -0.868. The van der Waals surface area contributed by atoms with Crippen molar-refractivity contribution in [3.8, 4) is 0 Å². The van der Waals surface area contributed by atoms with E-state index in [-0.39, 0.29) is 0 Å². The highest BCUT2D eigenvalue weighted by Crippen LogP contribution is 2.09. The Bertz CT molecular complexity index is 406. The summed E-state index contributed by atoms with van der Waals surface area (Å²) in [5.41, 5.74) is 1.38. The van der Waals surface area contributed by atoms with E-state index in [1.807, 2.05) is 6.07 Å². The normalized spacial score (nSPS) is 20.6. The van der Waals surface area contributed by atoms with Crippen LogP contribution in [0, 0.1) is 0 Å². The van der Waals surface area contributed by atoms with Crippen LogP contribution in [0.2, 0.25) is 0 Å². The summed E-state index contributed by atoms with van der Waals surface area (Å²) < 4.78 is 0. The number of hydrogen-bond acceptors (Lipinski definition) is 3. The highest BCUT2D eigenvalue weighted by Gasteiger charge is 2.18. The van der Waals surface area contributed by atoms with Crippen LogP contribution in [0.5, 0.6) is 0 Å². The van der Waals surface area contributed by atoms with Crippen LogP contribution in [0.1, 0.15) is 22.3 Å². The number of carboxylic acids is 1. The van der Waals surface area contributed by atoms with Gasteiger partial charge in [0.15, 0.2) is 0 Å². The first-order valence-corrected chi connectivity index (χ1v) is 5.89. The fourth-order valence-corrected chi connectivity index (χ4v) is 2.18. The number of likely N-dealkylation sites (tertiary alicyclic amines) is 1. The van der Waals surface area contributed by atoms with E-state index >= 15 is 0 Å². The van der Waals surface area contributed by atoms with Crippen LogP contribution >= 0.6 is 0 Å². The summed E-state index contributed by atoms with van der Waals surface area (Å²) in [7, 11) is 2.12. The zero-order valence-corrected chi connectivity index (χ0v) is 10.0. The molecule has 1 heterocycles. The van der Waals surface area contributed by atoms with Gasteiger partial charge in [0, 0.05) is 19.1 Å². The van der Waals surface area contributed by atoms with Crippen LogP contribution in [0.15, 0.2) is 24.3 Å². The molecule has 17 heavy (non-hydrogen) atoms. The van der Waals surface area contributed by atoms with Crippen LogP contribution in [0.25, 0.3) is 0 Å². The van der Waals surface area contributed by atoms with Crippen molar-refractivity contribution in [3.63, 3.8) is 0 Å². The fraction of sp³-hybridized carbons (Fsp3) is 0.462. The molecule has 0 spiro atoms. The molecule has 0 saturated carbocycles. The minimum Gasteiger partial charge on any atom is -0.478 e. The van der Waals surface area contributed by atoms with Gasteiger partial charge in [-0.1, -0.05) is 12.1 Å². The Morgan fingerprint density at radius 1 is 1.59 bits per heavy atom. The summed E-state index contributed by atoms with van der Waals surface area (Å²) in [4.78, 5) is 13.1. The maximum absolute atomic E-state index is 10.8. The van der Waals surface area contributed by atoms with Gasteiger partial charge in [-0.15, -0.1) is 0 Å². The van der Waals surface area contributed by atoms with Crippen LogP contribution in [0.3, 0.4) is 0 Å². The molecule has 0 aromatic heterocycles. The van der Waals surface area contributed by atoms with E-state index in [0.29, 0.717) is 11.6 Å². The monoisotopic (exact) mass is 234 g/mol. The Balaban J connectivity index is 1.90. The van der Waals surface area contributed by atoms with Gasteiger partial charge in [-0.3, -0.25) is 0 Å². The van der Waals surface area contributed by atoms with E-state index in [1.165, 1.54) is 0 Å². The zero-order valence-electron chi connectivity index (χ0n) is 10.0. The van der Waals surface area contributed by atoms with E-state index < -0.39 is 5.97 Å². The first-order valence-electron chi connectivity index (χ1n) is 5.89. The second-order valence-electron chi connectivity index (χ2n) is 4.63. The molecule has 92 valence electrons. The van der Waals surface area contributed by atoms with Crippen LogP contribution in [-0.4, -0.2) is 42.2 Å². The average molecular weight is 234 g/mol. The molecule has 1 aromatic rings. The molecule has 2 rings (SSSR count). The number of carbonyl (C=O) groups is 1. The lowest BCUT2D eigenvalue weighted by atomic mass is 10.1. The number of nitrogens with one attached hydrogen (secondary N) is 1. The zero-order chi connectivity index (χ0) is 12.3. The molecule has 1 unspecified atom stereocenters. The van der Waals surface area contributed by atoms with Crippen molar-refractivity contribution in [2.24, 2.45) is 0 Å². The molecule has 1 aromatic carbocycles. The summed E-state index contributed by atoms with van der Waals surface area (Å²) in [6, 6.07) is 7.62. The Labute approximate surface area is 101 Å². The number of benzene rings is 1. The van der Waals surface area contributed by atoms with Crippen molar-refractivity contribution < 1.29 is 9.90 Å². The molecular weight excluding hydrogens is 216 g/mol. The SMILES string of the molecule is CN1CCC(NCc2cccc(C(=O)O)c2)C1.